The normalized spacial score (nSPS) is 10.5. The minimum Gasteiger partial charge on any atom is -0.494 e. The zero-order valence-electron chi connectivity index (χ0n) is 13.1. The molecule has 0 spiro atoms. The molecule has 0 unspecified atom stereocenters. The van der Waals surface area contributed by atoms with E-state index < -0.39 is 4.92 Å². The van der Waals surface area contributed by atoms with E-state index >= 15 is 0 Å². The number of hydrogen-bond acceptors (Lipinski definition) is 5. The van der Waals surface area contributed by atoms with Crippen LogP contribution in [-0.2, 0) is 0 Å². The van der Waals surface area contributed by atoms with Crippen LogP contribution in [0.25, 0.3) is 0 Å². The number of rotatable bonds is 7. The molecule has 7 heteroatoms. The summed E-state index contributed by atoms with van der Waals surface area (Å²) < 4.78 is 5.44. The average molecular weight is 327 g/mol. The second-order valence-electron chi connectivity index (χ2n) is 4.92. The van der Waals surface area contributed by atoms with E-state index in [0.717, 1.165) is 6.42 Å². The number of nitro benzene ring substituents is 1. The molecule has 0 atom stereocenters. The maximum absolute atomic E-state index is 12.0. The van der Waals surface area contributed by atoms with Gasteiger partial charge in [0.1, 0.15) is 5.75 Å². The number of amides is 1. The summed E-state index contributed by atoms with van der Waals surface area (Å²) in [7, 11) is 0. The molecule has 0 saturated heterocycles. The molecule has 0 fully saturated rings. The van der Waals surface area contributed by atoms with E-state index in [1.165, 1.54) is 18.3 Å². The minimum absolute atomic E-state index is 0.0343. The van der Waals surface area contributed by atoms with Gasteiger partial charge in [0.15, 0.2) is 0 Å². The third-order valence-corrected chi connectivity index (χ3v) is 3.05. The predicted molar refractivity (Wildman–Crippen MR) is 90.4 cm³/mol. The molecule has 0 bridgehead atoms. The molecule has 0 radical (unpaired) electrons. The molecule has 0 aromatic heterocycles. The summed E-state index contributed by atoms with van der Waals surface area (Å²) in [5, 5.41) is 14.5. The Hall–Kier alpha value is -3.22. The first-order chi connectivity index (χ1) is 11.6. The van der Waals surface area contributed by atoms with Crippen molar-refractivity contribution in [1.29, 1.82) is 0 Å². The Morgan fingerprint density at radius 1 is 1.29 bits per heavy atom. The fourth-order valence-electron chi connectivity index (χ4n) is 1.87. The van der Waals surface area contributed by atoms with Crippen LogP contribution in [0.15, 0.2) is 53.6 Å². The molecular weight excluding hydrogens is 310 g/mol. The van der Waals surface area contributed by atoms with Crippen molar-refractivity contribution in [3.63, 3.8) is 0 Å². The van der Waals surface area contributed by atoms with Crippen LogP contribution in [0.5, 0.6) is 5.75 Å². The molecule has 0 heterocycles. The van der Waals surface area contributed by atoms with Gasteiger partial charge in [-0.25, -0.2) is 5.43 Å². The summed E-state index contributed by atoms with van der Waals surface area (Å²) in [5.41, 5.74) is 3.31. The van der Waals surface area contributed by atoms with Crippen LogP contribution in [0.2, 0.25) is 0 Å². The third-order valence-electron chi connectivity index (χ3n) is 3.05. The van der Waals surface area contributed by atoms with Crippen LogP contribution in [0.3, 0.4) is 0 Å². The van der Waals surface area contributed by atoms with E-state index in [-0.39, 0.29) is 11.6 Å². The Labute approximate surface area is 139 Å². The summed E-state index contributed by atoms with van der Waals surface area (Å²) in [6.45, 7) is 2.64. The predicted octanol–water partition coefficient (Wildman–Crippen LogP) is 3.15. The molecule has 0 aliphatic rings. The number of non-ortho nitro benzene ring substituents is 1. The van der Waals surface area contributed by atoms with Crippen LogP contribution in [0.4, 0.5) is 5.69 Å². The lowest BCUT2D eigenvalue weighted by molar-refractivity contribution is -0.384. The van der Waals surface area contributed by atoms with Crippen LogP contribution in [0.1, 0.15) is 29.3 Å². The van der Waals surface area contributed by atoms with Gasteiger partial charge in [0.25, 0.3) is 11.6 Å². The van der Waals surface area contributed by atoms with Crippen molar-refractivity contribution >= 4 is 17.8 Å². The number of ether oxygens (including phenoxy) is 1. The highest BCUT2D eigenvalue weighted by Crippen LogP contribution is 2.13. The third kappa shape index (κ3) is 4.91. The number of nitrogens with one attached hydrogen (secondary N) is 1. The van der Waals surface area contributed by atoms with Crippen molar-refractivity contribution in [2.75, 3.05) is 6.61 Å². The number of benzene rings is 2. The van der Waals surface area contributed by atoms with Gasteiger partial charge in [-0.15, -0.1) is 0 Å². The number of hydrazone groups is 1. The first kappa shape index (κ1) is 17.1. The van der Waals surface area contributed by atoms with Crippen LogP contribution in [-0.4, -0.2) is 23.7 Å². The van der Waals surface area contributed by atoms with E-state index in [4.69, 9.17) is 4.74 Å². The molecule has 0 saturated carbocycles. The van der Waals surface area contributed by atoms with E-state index in [1.807, 2.05) is 6.92 Å². The van der Waals surface area contributed by atoms with Crippen LogP contribution < -0.4 is 10.2 Å². The Bertz CT molecular complexity index is 742. The van der Waals surface area contributed by atoms with E-state index in [1.54, 1.807) is 36.4 Å². The molecule has 7 nitrogen and oxygen atoms in total. The lowest BCUT2D eigenvalue weighted by atomic mass is 10.2. The highest BCUT2D eigenvalue weighted by molar-refractivity contribution is 5.95. The number of hydrogen-bond donors (Lipinski definition) is 1. The van der Waals surface area contributed by atoms with Crippen LogP contribution in [0, 0.1) is 10.1 Å². The van der Waals surface area contributed by atoms with Crippen molar-refractivity contribution in [1.82, 2.24) is 5.43 Å². The monoisotopic (exact) mass is 327 g/mol. The fourth-order valence-corrected chi connectivity index (χ4v) is 1.87. The summed E-state index contributed by atoms with van der Waals surface area (Å²) >= 11 is 0. The zero-order chi connectivity index (χ0) is 17.4. The number of nitro groups is 1. The van der Waals surface area contributed by atoms with E-state index in [0.29, 0.717) is 23.5 Å². The van der Waals surface area contributed by atoms with Gasteiger partial charge < -0.3 is 4.74 Å². The van der Waals surface area contributed by atoms with Crippen molar-refractivity contribution in [2.24, 2.45) is 5.10 Å². The molecular formula is C17H17N3O4. The quantitative estimate of drug-likeness (QED) is 0.480. The maximum atomic E-state index is 12.0. The maximum Gasteiger partial charge on any atom is 0.271 e. The summed E-state index contributed by atoms with van der Waals surface area (Å²) in [6.07, 6.45) is 2.26. The zero-order valence-corrected chi connectivity index (χ0v) is 13.1. The van der Waals surface area contributed by atoms with Crippen molar-refractivity contribution < 1.29 is 14.5 Å². The van der Waals surface area contributed by atoms with Crippen LogP contribution >= 0.6 is 0 Å². The SMILES string of the molecule is CCCOc1ccc(C(=O)N/N=C/c2cccc([N+](=O)[O-])c2)cc1. The first-order valence-electron chi connectivity index (χ1n) is 7.41. The molecule has 1 N–H and O–H groups in total. The second-order valence-corrected chi connectivity index (χ2v) is 4.92. The smallest absolute Gasteiger partial charge is 0.271 e. The molecule has 2 aromatic rings. The van der Waals surface area contributed by atoms with Crippen molar-refractivity contribution in [2.45, 2.75) is 13.3 Å². The van der Waals surface area contributed by atoms with Crippen molar-refractivity contribution in [3.05, 3.63) is 69.8 Å². The molecule has 0 aliphatic heterocycles. The summed E-state index contributed by atoms with van der Waals surface area (Å²) in [4.78, 5) is 22.2. The lowest BCUT2D eigenvalue weighted by Crippen LogP contribution is -2.17. The molecule has 0 aliphatic carbocycles. The van der Waals surface area contributed by atoms with Gasteiger partial charge in [0, 0.05) is 23.3 Å². The Kier molecular flexibility index (Phi) is 6.01. The standard InChI is InChI=1S/C17H17N3O4/c1-2-10-24-16-8-6-14(7-9-16)17(21)19-18-12-13-4-3-5-15(11-13)20(22)23/h3-9,11-12H,2,10H2,1H3,(H,19,21)/b18-12+. The highest BCUT2D eigenvalue weighted by Gasteiger charge is 2.06. The summed E-state index contributed by atoms with van der Waals surface area (Å²) in [6, 6.07) is 12.7. The topological polar surface area (TPSA) is 93.8 Å². The lowest BCUT2D eigenvalue weighted by Gasteiger charge is -2.05. The Morgan fingerprint density at radius 2 is 2.04 bits per heavy atom. The Balaban J connectivity index is 1.95. The molecule has 24 heavy (non-hydrogen) atoms. The van der Waals surface area contributed by atoms with Gasteiger partial charge in [-0.2, -0.15) is 5.10 Å². The largest absolute Gasteiger partial charge is 0.494 e. The molecule has 2 aromatic carbocycles. The van der Waals surface area contributed by atoms with Gasteiger partial charge in [0.05, 0.1) is 17.7 Å². The number of carbonyl (C=O) groups is 1. The number of carbonyl (C=O) groups excluding carboxylic acids is 1. The van der Waals surface area contributed by atoms with E-state index in [2.05, 4.69) is 10.5 Å². The highest BCUT2D eigenvalue weighted by atomic mass is 16.6. The summed E-state index contributed by atoms with van der Waals surface area (Å²) in [5.74, 6) is 0.326. The minimum atomic E-state index is -0.488. The second kappa shape index (κ2) is 8.42. The Morgan fingerprint density at radius 3 is 2.71 bits per heavy atom. The molecule has 1 amide bonds. The first-order valence-corrected chi connectivity index (χ1v) is 7.41. The van der Waals surface area contributed by atoms with E-state index in [9.17, 15) is 14.9 Å². The molecule has 124 valence electrons. The number of nitrogens with zero attached hydrogens (tertiary/aromatic N) is 2. The van der Waals surface area contributed by atoms with Gasteiger partial charge in [-0.3, -0.25) is 14.9 Å². The van der Waals surface area contributed by atoms with Gasteiger partial charge in [-0.05, 0) is 30.7 Å². The van der Waals surface area contributed by atoms with Gasteiger partial charge in [-0.1, -0.05) is 19.1 Å². The molecule has 2 rings (SSSR count). The van der Waals surface area contributed by atoms with Gasteiger partial charge in [0.2, 0.25) is 0 Å². The average Bonchev–Trinajstić information content (AvgIpc) is 2.60. The fraction of sp³-hybridized carbons (Fsp3) is 0.176. The van der Waals surface area contributed by atoms with Gasteiger partial charge >= 0.3 is 0 Å². The van der Waals surface area contributed by atoms with Crippen molar-refractivity contribution in [3.8, 4) is 5.75 Å².